The lowest BCUT2D eigenvalue weighted by molar-refractivity contribution is -0.00827. The number of hydrogen-bond donors (Lipinski definition) is 0. The number of hydrogen-bond acceptors (Lipinski definition) is 3. The van der Waals surface area contributed by atoms with Crippen LogP contribution >= 0.6 is 0 Å². The van der Waals surface area contributed by atoms with E-state index >= 15 is 0 Å². The van der Waals surface area contributed by atoms with Crippen molar-refractivity contribution in [3.8, 4) is 0 Å². The highest BCUT2D eigenvalue weighted by Crippen LogP contribution is 2.52. The van der Waals surface area contributed by atoms with E-state index in [0.29, 0.717) is 5.78 Å². The van der Waals surface area contributed by atoms with E-state index in [1.54, 1.807) is 0 Å². The number of rotatable bonds is 0. The van der Waals surface area contributed by atoms with Gasteiger partial charge in [0.15, 0.2) is 5.78 Å². The van der Waals surface area contributed by atoms with Gasteiger partial charge in [-0.15, -0.1) is 0 Å². The van der Waals surface area contributed by atoms with Gasteiger partial charge in [-0.2, -0.15) is 0 Å². The van der Waals surface area contributed by atoms with Crippen molar-refractivity contribution in [1.29, 1.82) is 0 Å². The van der Waals surface area contributed by atoms with Crippen LogP contribution in [0.25, 0.3) is 0 Å². The van der Waals surface area contributed by atoms with Crippen molar-refractivity contribution in [2.75, 3.05) is 0 Å². The third-order valence-electron chi connectivity index (χ3n) is 5.75. The van der Waals surface area contributed by atoms with E-state index in [2.05, 4.69) is 6.07 Å². The lowest BCUT2D eigenvalue weighted by Gasteiger charge is -2.44. The molecule has 128 valence electrons. The summed E-state index contributed by atoms with van der Waals surface area (Å²) in [4.78, 5) is 27.6. The van der Waals surface area contributed by atoms with Gasteiger partial charge in [-0.1, -0.05) is 24.3 Å². The van der Waals surface area contributed by atoms with E-state index in [1.165, 1.54) is 5.56 Å². The zero-order valence-electron chi connectivity index (χ0n) is 14.7. The van der Waals surface area contributed by atoms with Crippen LogP contribution < -0.4 is 0 Å². The summed E-state index contributed by atoms with van der Waals surface area (Å²) in [7, 11) is 0. The van der Waals surface area contributed by atoms with Crippen molar-refractivity contribution in [3.63, 3.8) is 0 Å². The molecule has 4 heteroatoms. The van der Waals surface area contributed by atoms with Gasteiger partial charge in [-0.3, -0.25) is 4.79 Å². The Balaban J connectivity index is 1.58. The number of carbonyl (C=O) groups excluding carboxylic acids is 2. The molecule has 2 heterocycles. The van der Waals surface area contributed by atoms with Crippen molar-refractivity contribution < 1.29 is 14.3 Å². The van der Waals surface area contributed by atoms with Gasteiger partial charge in [0.1, 0.15) is 5.60 Å². The molecule has 0 saturated carbocycles. The molecule has 3 aliphatic rings. The Hall–Kier alpha value is -1.84. The Morgan fingerprint density at radius 3 is 2.38 bits per heavy atom. The number of ether oxygens (including phenoxy) is 1. The van der Waals surface area contributed by atoms with Crippen LogP contribution in [0.15, 0.2) is 24.3 Å². The molecule has 2 bridgehead atoms. The number of carbonyl (C=O) groups is 2. The van der Waals surface area contributed by atoms with Crippen LogP contribution in [0.2, 0.25) is 0 Å². The van der Waals surface area contributed by atoms with Gasteiger partial charge >= 0.3 is 6.09 Å². The van der Waals surface area contributed by atoms with Crippen LogP contribution in [0.5, 0.6) is 0 Å². The average Bonchev–Trinajstić information content (AvgIpc) is 2.91. The first-order chi connectivity index (χ1) is 11.3. The summed E-state index contributed by atoms with van der Waals surface area (Å²) in [6.45, 7) is 5.69. The molecule has 24 heavy (non-hydrogen) atoms. The maximum absolute atomic E-state index is 13.1. The average molecular weight is 327 g/mol. The first-order valence-electron chi connectivity index (χ1n) is 8.93. The van der Waals surface area contributed by atoms with Gasteiger partial charge in [0.25, 0.3) is 0 Å². The molecule has 0 radical (unpaired) electrons. The molecule has 2 saturated heterocycles. The summed E-state index contributed by atoms with van der Waals surface area (Å²) >= 11 is 0. The Morgan fingerprint density at radius 2 is 1.79 bits per heavy atom. The topological polar surface area (TPSA) is 46.6 Å². The van der Waals surface area contributed by atoms with Crippen molar-refractivity contribution >= 4 is 11.9 Å². The first-order valence-corrected chi connectivity index (χ1v) is 8.93. The predicted molar refractivity (Wildman–Crippen MR) is 91.0 cm³/mol. The summed E-state index contributed by atoms with van der Waals surface area (Å²) in [5.74, 6) is 0.291. The molecule has 1 amide bonds. The number of piperidine rings is 1. The van der Waals surface area contributed by atoms with Gasteiger partial charge < -0.3 is 9.64 Å². The van der Waals surface area contributed by atoms with Crippen LogP contribution in [-0.4, -0.2) is 34.5 Å². The van der Waals surface area contributed by atoms with Gasteiger partial charge in [0, 0.05) is 23.1 Å². The fourth-order valence-corrected chi connectivity index (χ4v) is 4.92. The van der Waals surface area contributed by atoms with Crippen molar-refractivity contribution in [1.82, 2.24) is 4.90 Å². The normalized spacial score (nSPS) is 31.5. The third kappa shape index (κ3) is 2.35. The number of fused-ring (bicyclic) bond motifs is 3. The van der Waals surface area contributed by atoms with E-state index in [1.807, 2.05) is 43.9 Å². The molecule has 1 spiro atoms. The van der Waals surface area contributed by atoms with E-state index in [9.17, 15) is 9.59 Å². The zero-order chi connectivity index (χ0) is 17.1. The van der Waals surface area contributed by atoms with E-state index in [4.69, 9.17) is 4.74 Å². The quantitative estimate of drug-likeness (QED) is 0.724. The molecule has 3 atom stereocenters. The lowest BCUT2D eigenvalue weighted by Crippen LogP contribution is -2.53. The maximum atomic E-state index is 13.1. The predicted octanol–water partition coefficient (Wildman–Crippen LogP) is 3.97. The molecule has 1 aromatic rings. The summed E-state index contributed by atoms with van der Waals surface area (Å²) in [6, 6.07) is 8.25. The van der Waals surface area contributed by atoms with Gasteiger partial charge in [0.05, 0.1) is 0 Å². The second-order valence-corrected chi connectivity index (χ2v) is 8.62. The maximum Gasteiger partial charge on any atom is 0.410 e. The van der Waals surface area contributed by atoms with Crippen LogP contribution in [0.4, 0.5) is 4.79 Å². The number of benzene rings is 1. The van der Waals surface area contributed by atoms with Crippen LogP contribution in [-0.2, 0) is 11.2 Å². The molecule has 1 aromatic carbocycles. The molecule has 4 nitrogen and oxygen atoms in total. The number of amides is 1. The molecular weight excluding hydrogens is 302 g/mol. The number of ketones is 1. The van der Waals surface area contributed by atoms with Crippen LogP contribution in [0, 0.1) is 5.41 Å². The Kier molecular flexibility index (Phi) is 3.32. The summed E-state index contributed by atoms with van der Waals surface area (Å²) in [6.07, 6.45) is 4.13. The van der Waals surface area contributed by atoms with E-state index < -0.39 is 5.60 Å². The fraction of sp³-hybridized carbons (Fsp3) is 0.600. The SMILES string of the molecule is CC(C)(C)OC(=O)N1[C@@H]2CC[C@H]1CC1(Cc3ccccc3C1=O)C2. The Morgan fingerprint density at radius 1 is 1.17 bits per heavy atom. The summed E-state index contributed by atoms with van der Waals surface area (Å²) in [5, 5.41) is 0. The molecule has 0 N–H and O–H groups in total. The molecule has 0 aromatic heterocycles. The van der Waals surface area contributed by atoms with Gasteiger partial charge in [-0.05, 0) is 58.4 Å². The van der Waals surface area contributed by atoms with Crippen molar-refractivity contribution in [2.45, 2.75) is 70.6 Å². The van der Waals surface area contributed by atoms with Crippen molar-refractivity contribution in [3.05, 3.63) is 35.4 Å². The van der Waals surface area contributed by atoms with Gasteiger partial charge in [0.2, 0.25) is 0 Å². The largest absolute Gasteiger partial charge is 0.444 e. The highest BCUT2D eigenvalue weighted by Gasteiger charge is 2.56. The van der Waals surface area contributed by atoms with Crippen LogP contribution in [0.1, 0.15) is 62.4 Å². The molecule has 1 aliphatic carbocycles. The third-order valence-corrected chi connectivity index (χ3v) is 5.75. The summed E-state index contributed by atoms with van der Waals surface area (Å²) < 4.78 is 5.60. The monoisotopic (exact) mass is 327 g/mol. The molecular formula is C20H25NO3. The van der Waals surface area contributed by atoms with Gasteiger partial charge in [-0.25, -0.2) is 4.79 Å². The summed E-state index contributed by atoms with van der Waals surface area (Å²) in [5.41, 5.74) is 1.29. The Labute approximate surface area is 143 Å². The molecule has 4 rings (SSSR count). The van der Waals surface area contributed by atoms with Crippen molar-refractivity contribution in [2.24, 2.45) is 5.41 Å². The minimum atomic E-state index is -0.481. The Bertz CT molecular complexity index is 689. The highest BCUT2D eigenvalue weighted by molar-refractivity contribution is 6.05. The molecule has 2 aliphatic heterocycles. The number of nitrogens with zero attached hydrogens (tertiary/aromatic N) is 1. The second-order valence-electron chi connectivity index (χ2n) is 8.62. The van der Waals surface area contributed by atoms with Crippen LogP contribution in [0.3, 0.4) is 0 Å². The minimum Gasteiger partial charge on any atom is -0.444 e. The standard InChI is InChI=1S/C20H25NO3/c1-19(2,3)24-18(23)21-14-8-9-15(21)12-20(11-14)10-13-6-4-5-7-16(13)17(20)22/h4-7,14-15H,8-12H2,1-3H3/t14-,15+,20?. The minimum absolute atomic E-state index is 0.136. The fourth-order valence-electron chi connectivity index (χ4n) is 4.92. The highest BCUT2D eigenvalue weighted by atomic mass is 16.6. The first kappa shape index (κ1) is 15.7. The second kappa shape index (κ2) is 5.08. The van der Waals surface area contributed by atoms with E-state index in [0.717, 1.165) is 37.7 Å². The van der Waals surface area contributed by atoms with E-state index in [-0.39, 0.29) is 23.6 Å². The molecule has 2 fully saturated rings. The lowest BCUT2D eigenvalue weighted by atomic mass is 9.72. The smallest absolute Gasteiger partial charge is 0.410 e. The number of Topliss-reactive ketones (excluding diaryl/α,β-unsaturated/α-hetero) is 1. The zero-order valence-corrected chi connectivity index (χ0v) is 14.7. The molecule has 1 unspecified atom stereocenters.